The Morgan fingerprint density at radius 2 is 2.31 bits per heavy atom. The van der Waals surface area contributed by atoms with Crippen molar-refractivity contribution in [2.45, 2.75) is 0 Å². The molecule has 0 radical (unpaired) electrons. The lowest BCUT2D eigenvalue weighted by atomic mass is 10.4. The fourth-order valence-corrected chi connectivity index (χ4v) is 1.25. The monoisotopic (exact) mass is 214 g/mol. The Hall–Kier alpha value is -2.68. The van der Waals surface area contributed by atoms with Crippen LogP contribution in [-0.2, 0) is 0 Å². The standard InChI is InChI=1S/C10H6N4O2/c11-4-7-2-1-3-14(7)9-6-12-5-8(13-9)10(15)16/h1-3,5-6H,(H,15,16). The van der Waals surface area contributed by atoms with E-state index < -0.39 is 5.97 Å². The highest BCUT2D eigenvalue weighted by Gasteiger charge is 2.09. The van der Waals surface area contributed by atoms with Gasteiger partial charge in [-0.25, -0.2) is 9.78 Å². The number of hydrogen-bond donors (Lipinski definition) is 1. The Labute approximate surface area is 90.4 Å². The fourth-order valence-electron chi connectivity index (χ4n) is 1.25. The lowest BCUT2D eigenvalue weighted by molar-refractivity contribution is 0.0690. The SMILES string of the molecule is N#Cc1cccn1-c1cncc(C(=O)O)n1. The third-order valence-corrected chi connectivity index (χ3v) is 1.95. The summed E-state index contributed by atoms with van der Waals surface area (Å²) in [7, 11) is 0. The Morgan fingerprint density at radius 3 is 3.00 bits per heavy atom. The summed E-state index contributed by atoms with van der Waals surface area (Å²) >= 11 is 0. The first kappa shape index (κ1) is 9.86. The van der Waals surface area contributed by atoms with E-state index in [0.717, 1.165) is 6.20 Å². The van der Waals surface area contributed by atoms with E-state index in [4.69, 9.17) is 10.4 Å². The van der Waals surface area contributed by atoms with Crippen molar-refractivity contribution in [1.82, 2.24) is 14.5 Å². The van der Waals surface area contributed by atoms with Crippen molar-refractivity contribution in [2.24, 2.45) is 0 Å². The Balaban J connectivity index is 2.53. The van der Waals surface area contributed by atoms with Gasteiger partial charge in [-0.2, -0.15) is 5.26 Å². The van der Waals surface area contributed by atoms with Gasteiger partial charge in [0.1, 0.15) is 11.8 Å². The fraction of sp³-hybridized carbons (Fsp3) is 0. The van der Waals surface area contributed by atoms with Crippen molar-refractivity contribution in [3.63, 3.8) is 0 Å². The van der Waals surface area contributed by atoms with E-state index in [0.29, 0.717) is 11.5 Å². The smallest absolute Gasteiger partial charge is 0.356 e. The van der Waals surface area contributed by atoms with Crippen LogP contribution in [0.3, 0.4) is 0 Å². The second kappa shape index (κ2) is 3.82. The first-order chi connectivity index (χ1) is 7.72. The van der Waals surface area contributed by atoms with Crippen LogP contribution < -0.4 is 0 Å². The zero-order valence-electron chi connectivity index (χ0n) is 8.03. The molecule has 2 aromatic rings. The number of aromatic nitrogens is 3. The van der Waals surface area contributed by atoms with E-state index >= 15 is 0 Å². The molecule has 0 bridgehead atoms. The van der Waals surface area contributed by atoms with Crippen molar-refractivity contribution in [3.05, 3.63) is 42.1 Å². The van der Waals surface area contributed by atoms with Crippen LogP contribution in [-0.4, -0.2) is 25.6 Å². The molecule has 0 saturated carbocycles. The highest BCUT2D eigenvalue weighted by molar-refractivity contribution is 5.85. The quantitative estimate of drug-likeness (QED) is 0.799. The first-order valence-electron chi connectivity index (χ1n) is 4.35. The van der Waals surface area contributed by atoms with Gasteiger partial charge in [0.05, 0.1) is 12.4 Å². The molecule has 0 amide bonds. The van der Waals surface area contributed by atoms with Crippen LogP contribution in [0.15, 0.2) is 30.7 Å². The number of aromatic carboxylic acids is 1. The van der Waals surface area contributed by atoms with Crippen LogP contribution in [0.4, 0.5) is 0 Å². The van der Waals surface area contributed by atoms with Gasteiger partial charge in [0, 0.05) is 6.20 Å². The summed E-state index contributed by atoms with van der Waals surface area (Å²) in [5.74, 6) is -0.846. The van der Waals surface area contributed by atoms with Gasteiger partial charge in [0.15, 0.2) is 11.5 Å². The molecule has 0 aliphatic carbocycles. The third kappa shape index (κ3) is 1.62. The second-order valence-electron chi connectivity index (χ2n) is 2.94. The second-order valence-corrected chi connectivity index (χ2v) is 2.94. The molecule has 6 nitrogen and oxygen atoms in total. The first-order valence-corrected chi connectivity index (χ1v) is 4.35. The molecule has 0 atom stereocenters. The Bertz CT molecular complexity index is 583. The molecule has 0 fully saturated rings. The van der Waals surface area contributed by atoms with E-state index in [9.17, 15) is 4.79 Å². The van der Waals surface area contributed by atoms with Crippen molar-refractivity contribution in [2.75, 3.05) is 0 Å². The summed E-state index contributed by atoms with van der Waals surface area (Å²) in [6, 6.07) is 5.25. The lowest BCUT2D eigenvalue weighted by Gasteiger charge is -2.03. The maximum Gasteiger partial charge on any atom is 0.356 e. The van der Waals surface area contributed by atoms with Crippen LogP contribution >= 0.6 is 0 Å². The van der Waals surface area contributed by atoms with Gasteiger partial charge in [-0.1, -0.05) is 0 Å². The van der Waals surface area contributed by atoms with Crippen LogP contribution in [0.1, 0.15) is 16.2 Å². The molecule has 0 saturated heterocycles. The average Bonchev–Trinajstić information content (AvgIpc) is 2.77. The van der Waals surface area contributed by atoms with Gasteiger partial charge >= 0.3 is 5.97 Å². The molecule has 78 valence electrons. The maximum absolute atomic E-state index is 10.7. The van der Waals surface area contributed by atoms with E-state index in [2.05, 4.69) is 9.97 Å². The minimum atomic E-state index is -1.15. The molecule has 0 unspecified atom stereocenters. The van der Waals surface area contributed by atoms with Crippen LogP contribution in [0.5, 0.6) is 0 Å². The topological polar surface area (TPSA) is 91.8 Å². The Kier molecular flexibility index (Phi) is 2.36. The highest BCUT2D eigenvalue weighted by Crippen LogP contribution is 2.08. The zero-order valence-corrected chi connectivity index (χ0v) is 8.03. The van der Waals surface area contributed by atoms with E-state index in [1.54, 1.807) is 18.3 Å². The normalized spacial score (nSPS) is 9.69. The van der Waals surface area contributed by atoms with Crippen molar-refractivity contribution >= 4 is 5.97 Å². The minimum Gasteiger partial charge on any atom is -0.476 e. The number of nitriles is 1. The molecule has 2 aromatic heterocycles. The summed E-state index contributed by atoms with van der Waals surface area (Å²) in [6.07, 6.45) is 4.17. The molecule has 6 heteroatoms. The van der Waals surface area contributed by atoms with Gasteiger partial charge in [-0.15, -0.1) is 0 Å². The molecule has 1 N–H and O–H groups in total. The molecule has 0 spiro atoms. The van der Waals surface area contributed by atoms with E-state index in [1.807, 2.05) is 6.07 Å². The predicted molar refractivity (Wildman–Crippen MR) is 53.0 cm³/mol. The molecular weight excluding hydrogens is 208 g/mol. The number of rotatable bonds is 2. The summed E-state index contributed by atoms with van der Waals surface area (Å²) in [6.45, 7) is 0. The van der Waals surface area contributed by atoms with Gasteiger partial charge in [0.25, 0.3) is 0 Å². The number of carbonyl (C=O) groups is 1. The molecule has 2 heterocycles. The van der Waals surface area contributed by atoms with Crippen molar-refractivity contribution in [3.8, 4) is 11.9 Å². The molecule has 2 rings (SSSR count). The summed E-state index contributed by atoms with van der Waals surface area (Å²) < 4.78 is 1.47. The predicted octanol–water partition coefficient (Wildman–Crippen LogP) is 0.837. The van der Waals surface area contributed by atoms with Gasteiger partial charge in [-0.3, -0.25) is 9.55 Å². The molecule has 0 aliphatic heterocycles. The molecule has 0 aromatic carbocycles. The van der Waals surface area contributed by atoms with E-state index in [-0.39, 0.29) is 5.69 Å². The average molecular weight is 214 g/mol. The highest BCUT2D eigenvalue weighted by atomic mass is 16.4. The zero-order chi connectivity index (χ0) is 11.5. The van der Waals surface area contributed by atoms with Crippen molar-refractivity contribution < 1.29 is 9.90 Å². The molecular formula is C10H6N4O2. The van der Waals surface area contributed by atoms with Gasteiger partial charge in [-0.05, 0) is 12.1 Å². The number of hydrogen-bond acceptors (Lipinski definition) is 4. The minimum absolute atomic E-state index is 0.157. The van der Waals surface area contributed by atoms with Gasteiger partial charge in [0.2, 0.25) is 0 Å². The van der Waals surface area contributed by atoms with Crippen molar-refractivity contribution in [1.29, 1.82) is 5.26 Å². The largest absolute Gasteiger partial charge is 0.476 e. The lowest BCUT2D eigenvalue weighted by Crippen LogP contribution is -2.06. The third-order valence-electron chi connectivity index (χ3n) is 1.95. The summed E-state index contributed by atoms with van der Waals surface area (Å²) in [5.41, 5.74) is 0.215. The maximum atomic E-state index is 10.7. The summed E-state index contributed by atoms with van der Waals surface area (Å²) in [4.78, 5) is 18.3. The molecule has 0 aliphatic rings. The summed E-state index contributed by atoms with van der Waals surface area (Å²) in [5, 5.41) is 17.6. The number of nitrogens with zero attached hydrogens (tertiary/aromatic N) is 4. The van der Waals surface area contributed by atoms with Crippen LogP contribution in [0.2, 0.25) is 0 Å². The van der Waals surface area contributed by atoms with E-state index in [1.165, 1.54) is 10.8 Å². The number of carboxylic acids is 1. The number of carboxylic acid groups (broad SMARTS) is 1. The van der Waals surface area contributed by atoms with Crippen LogP contribution in [0.25, 0.3) is 5.82 Å². The Morgan fingerprint density at radius 1 is 1.50 bits per heavy atom. The van der Waals surface area contributed by atoms with Crippen LogP contribution in [0, 0.1) is 11.3 Å². The van der Waals surface area contributed by atoms with Gasteiger partial charge < -0.3 is 5.11 Å². The molecule has 16 heavy (non-hydrogen) atoms.